The maximum atomic E-state index is 12.4. The largest absolute Gasteiger partial charge is 0.325 e. The Bertz CT molecular complexity index is 897. The number of aryl methyl sites for hydroxylation is 1. The van der Waals surface area contributed by atoms with Gasteiger partial charge in [-0.3, -0.25) is 4.79 Å². The lowest BCUT2D eigenvalue weighted by atomic mass is 10.2. The molecule has 0 aliphatic heterocycles. The zero-order valence-electron chi connectivity index (χ0n) is 15.0. The van der Waals surface area contributed by atoms with Crippen LogP contribution in [0.5, 0.6) is 0 Å². The van der Waals surface area contributed by atoms with Gasteiger partial charge >= 0.3 is 0 Å². The van der Waals surface area contributed by atoms with Gasteiger partial charge in [0.25, 0.3) is 0 Å². The lowest BCUT2D eigenvalue weighted by Gasteiger charge is -2.15. The van der Waals surface area contributed by atoms with E-state index >= 15 is 0 Å². The molecule has 5 nitrogen and oxygen atoms in total. The molecule has 0 fully saturated rings. The van der Waals surface area contributed by atoms with Crippen molar-refractivity contribution in [3.05, 3.63) is 53.1 Å². The standard InChI is InChI=1S/C18H21ClN2O3S2/c1-12-5-8-15(9-6-12)25-13(2)18(22)20-14-7-10-16(19)17(11-14)26(23,24)21(3)4/h5-11,13H,1-4H3,(H,20,22). The number of benzene rings is 2. The minimum absolute atomic E-state index is 0.0409. The van der Waals surface area contributed by atoms with Crippen LogP contribution in [0.3, 0.4) is 0 Å². The quantitative estimate of drug-likeness (QED) is 0.727. The normalized spacial score (nSPS) is 12.8. The van der Waals surface area contributed by atoms with Crippen LogP contribution in [0, 0.1) is 6.92 Å². The number of amides is 1. The zero-order chi connectivity index (χ0) is 19.5. The van der Waals surface area contributed by atoms with Crippen LogP contribution >= 0.6 is 23.4 Å². The minimum atomic E-state index is -3.69. The van der Waals surface area contributed by atoms with Gasteiger partial charge in [0, 0.05) is 24.7 Å². The molecule has 0 aliphatic carbocycles. The van der Waals surface area contributed by atoms with Crippen molar-refractivity contribution in [1.82, 2.24) is 4.31 Å². The van der Waals surface area contributed by atoms with Gasteiger partial charge in [0.05, 0.1) is 10.3 Å². The van der Waals surface area contributed by atoms with E-state index in [-0.39, 0.29) is 21.1 Å². The number of thioether (sulfide) groups is 1. The van der Waals surface area contributed by atoms with E-state index in [0.29, 0.717) is 5.69 Å². The molecule has 140 valence electrons. The Kier molecular flexibility index (Phi) is 6.74. The van der Waals surface area contributed by atoms with Crippen molar-refractivity contribution < 1.29 is 13.2 Å². The van der Waals surface area contributed by atoms with Crippen LogP contribution in [0.1, 0.15) is 12.5 Å². The van der Waals surface area contributed by atoms with Gasteiger partial charge in [-0.15, -0.1) is 11.8 Å². The van der Waals surface area contributed by atoms with Gasteiger partial charge in [-0.2, -0.15) is 0 Å². The molecule has 0 bridgehead atoms. The van der Waals surface area contributed by atoms with Crippen LogP contribution in [0.2, 0.25) is 5.02 Å². The fourth-order valence-corrected chi connectivity index (χ4v) is 4.36. The van der Waals surface area contributed by atoms with Gasteiger partial charge in [-0.1, -0.05) is 29.3 Å². The van der Waals surface area contributed by atoms with Gasteiger partial charge < -0.3 is 5.32 Å². The summed E-state index contributed by atoms with van der Waals surface area (Å²) in [6, 6.07) is 12.3. The van der Waals surface area contributed by atoms with Gasteiger partial charge in [0.15, 0.2) is 0 Å². The Balaban J connectivity index is 2.15. The van der Waals surface area contributed by atoms with Crippen molar-refractivity contribution in [1.29, 1.82) is 0 Å². The lowest BCUT2D eigenvalue weighted by Crippen LogP contribution is -2.24. The van der Waals surface area contributed by atoms with Crippen LogP contribution in [0.15, 0.2) is 52.3 Å². The number of hydrogen-bond donors (Lipinski definition) is 1. The summed E-state index contributed by atoms with van der Waals surface area (Å²) < 4.78 is 25.7. The SMILES string of the molecule is Cc1ccc(SC(C)C(=O)Nc2ccc(Cl)c(S(=O)(=O)N(C)C)c2)cc1. The second-order valence-corrected chi connectivity index (χ2v) is 9.94. The maximum Gasteiger partial charge on any atom is 0.244 e. The highest BCUT2D eigenvalue weighted by Crippen LogP contribution is 2.28. The average molecular weight is 413 g/mol. The molecular weight excluding hydrogens is 392 g/mol. The van der Waals surface area contributed by atoms with E-state index in [1.807, 2.05) is 31.2 Å². The van der Waals surface area contributed by atoms with Crippen LogP contribution < -0.4 is 5.32 Å². The third-order valence-electron chi connectivity index (χ3n) is 3.66. The van der Waals surface area contributed by atoms with Crippen LogP contribution in [0.4, 0.5) is 5.69 Å². The Morgan fingerprint density at radius 1 is 1.15 bits per heavy atom. The first-order chi connectivity index (χ1) is 12.1. The van der Waals surface area contributed by atoms with Crippen molar-refractivity contribution in [2.75, 3.05) is 19.4 Å². The summed E-state index contributed by atoms with van der Waals surface area (Å²) in [4.78, 5) is 13.4. The molecule has 0 saturated carbocycles. The maximum absolute atomic E-state index is 12.4. The summed E-state index contributed by atoms with van der Waals surface area (Å²) >= 11 is 7.45. The molecule has 0 saturated heterocycles. The Labute approximate surface area is 163 Å². The van der Waals surface area contributed by atoms with E-state index in [1.54, 1.807) is 13.0 Å². The van der Waals surface area contributed by atoms with Crippen molar-refractivity contribution in [3.8, 4) is 0 Å². The number of carbonyl (C=O) groups is 1. The molecule has 0 aliphatic rings. The van der Waals surface area contributed by atoms with Crippen LogP contribution in [-0.2, 0) is 14.8 Å². The van der Waals surface area contributed by atoms with Gasteiger partial charge in [-0.05, 0) is 44.2 Å². The Hall–Kier alpha value is -1.54. The summed E-state index contributed by atoms with van der Waals surface area (Å²) in [6.45, 7) is 3.80. The van der Waals surface area contributed by atoms with Crippen molar-refractivity contribution in [2.24, 2.45) is 0 Å². The van der Waals surface area contributed by atoms with E-state index in [0.717, 1.165) is 14.8 Å². The third-order valence-corrected chi connectivity index (χ3v) is 7.07. The van der Waals surface area contributed by atoms with Gasteiger partial charge in [-0.25, -0.2) is 12.7 Å². The number of nitrogens with zero attached hydrogens (tertiary/aromatic N) is 1. The van der Waals surface area contributed by atoms with Crippen molar-refractivity contribution >= 4 is 45.0 Å². The van der Waals surface area contributed by atoms with Crippen molar-refractivity contribution in [2.45, 2.75) is 28.9 Å². The molecule has 2 aromatic carbocycles. The molecule has 0 radical (unpaired) electrons. The van der Waals surface area contributed by atoms with E-state index in [4.69, 9.17) is 11.6 Å². The number of hydrogen-bond acceptors (Lipinski definition) is 4. The minimum Gasteiger partial charge on any atom is -0.325 e. The predicted octanol–water partition coefficient (Wildman–Crippen LogP) is 4.02. The topological polar surface area (TPSA) is 66.5 Å². The monoisotopic (exact) mass is 412 g/mol. The highest BCUT2D eigenvalue weighted by atomic mass is 35.5. The second-order valence-electron chi connectivity index (χ2n) is 6.00. The van der Waals surface area contributed by atoms with E-state index in [1.165, 1.54) is 38.0 Å². The molecule has 8 heteroatoms. The highest BCUT2D eigenvalue weighted by Gasteiger charge is 2.22. The first-order valence-electron chi connectivity index (χ1n) is 7.87. The molecule has 2 rings (SSSR count). The first-order valence-corrected chi connectivity index (χ1v) is 10.6. The van der Waals surface area contributed by atoms with Crippen molar-refractivity contribution in [3.63, 3.8) is 0 Å². The zero-order valence-corrected chi connectivity index (χ0v) is 17.4. The highest BCUT2D eigenvalue weighted by molar-refractivity contribution is 8.00. The Morgan fingerprint density at radius 2 is 1.77 bits per heavy atom. The molecule has 1 amide bonds. The van der Waals surface area contributed by atoms with Gasteiger partial charge in [0.1, 0.15) is 4.90 Å². The number of nitrogens with one attached hydrogen (secondary N) is 1. The summed E-state index contributed by atoms with van der Waals surface area (Å²) in [5.41, 5.74) is 1.54. The average Bonchev–Trinajstić information content (AvgIpc) is 2.58. The van der Waals surface area contributed by atoms with E-state index in [2.05, 4.69) is 5.32 Å². The van der Waals surface area contributed by atoms with Crippen LogP contribution in [0.25, 0.3) is 0 Å². The van der Waals surface area contributed by atoms with E-state index < -0.39 is 10.0 Å². The summed E-state index contributed by atoms with van der Waals surface area (Å²) in [7, 11) is -0.838. The molecule has 26 heavy (non-hydrogen) atoms. The molecule has 0 aromatic heterocycles. The van der Waals surface area contributed by atoms with Gasteiger partial charge in [0.2, 0.25) is 15.9 Å². The number of rotatable bonds is 6. The molecule has 1 atom stereocenters. The molecule has 0 heterocycles. The third kappa shape index (κ3) is 5.01. The smallest absolute Gasteiger partial charge is 0.244 e. The Morgan fingerprint density at radius 3 is 2.35 bits per heavy atom. The summed E-state index contributed by atoms with van der Waals surface area (Å²) in [5, 5.41) is 2.52. The molecule has 1 N–H and O–H groups in total. The van der Waals surface area contributed by atoms with Crippen LogP contribution in [-0.4, -0.2) is 38.0 Å². The fourth-order valence-electron chi connectivity index (χ4n) is 2.09. The summed E-state index contributed by atoms with van der Waals surface area (Å²) in [6.07, 6.45) is 0. The number of anilines is 1. The number of sulfonamides is 1. The molecule has 1 unspecified atom stereocenters. The second kappa shape index (κ2) is 8.43. The first kappa shape index (κ1) is 20.8. The lowest BCUT2D eigenvalue weighted by molar-refractivity contribution is -0.115. The predicted molar refractivity (Wildman–Crippen MR) is 107 cm³/mol. The fraction of sp³-hybridized carbons (Fsp3) is 0.278. The number of halogens is 1. The molecule has 0 spiro atoms. The molecular formula is C18H21ClN2O3S2. The molecule has 2 aromatic rings. The number of carbonyl (C=O) groups excluding carboxylic acids is 1. The summed E-state index contributed by atoms with van der Waals surface area (Å²) in [5.74, 6) is -0.217. The van der Waals surface area contributed by atoms with E-state index in [9.17, 15) is 13.2 Å².